The van der Waals surface area contributed by atoms with Gasteiger partial charge in [0, 0.05) is 10.4 Å². The molecule has 0 atom stereocenters. The van der Waals surface area contributed by atoms with Crippen molar-refractivity contribution in [1.82, 2.24) is 10.2 Å². The van der Waals surface area contributed by atoms with Gasteiger partial charge < -0.3 is 0 Å². The van der Waals surface area contributed by atoms with Crippen LogP contribution in [0.1, 0.15) is 5.56 Å². The van der Waals surface area contributed by atoms with Crippen molar-refractivity contribution in [3.63, 3.8) is 0 Å². The lowest BCUT2D eigenvalue weighted by Crippen LogP contribution is -1.75. The van der Waals surface area contributed by atoms with Gasteiger partial charge in [0.25, 0.3) is 0 Å². The van der Waals surface area contributed by atoms with Crippen LogP contribution in [-0.4, -0.2) is 10.2 Å². The Morgan fingerprint density at radius 2 is 2.25 bits per heavy atom. The first-order valence-corrected chi connectivity index (χ1v) is 4.65. The first kappa shape index (κ1) is 8.08. The summed E-state index contributed by atoms with van der Waals surface area (Å²) < 4.78 is 0.909. The van der Waals surface area contributed by atoms with E-state index in [1.807, 2.05) is 19.1 Å². The summed E-state index contributed by atoms with van der Waals surface area (Å²) in [5, 5.41) is 8.75. The van der Waals surface area contributed by atoms with E-state index < -0.39 is 0 Å². The maximum atomic E-state index is 5.86. The van der Waals surface area contributed by atoms with E-state index in [4.69, 9.17) is 11.6 Å². The number of aromatic nitrogens is 2. The van der Waals surface area contributed by atoms with Gasteiger partial charge in [0.05, 0.1) is 5.52 Å². The van der Waals surface area contributed by atoms with E-state index in [1.165, 1.54) is 0 Å². The van der Waals surface area contributed by atoms with Crippen molar-refractivity contribution in [2.45, 2.75) is 6.92 Å². The Kier molecular flexibility index (Phi) is 1.85. The highest BCUT2D eigenvalue weighted by atomic mass is 79.9. The van der Waals surface area contributed by atoms with Crippen molar-refractivity contribution >= 4 is 38.4 Å². The van der Waals surface area contributed by atoms with Crippen molar-refractivity contribution in [2.75, 3.05) is 0 Å². The molecule has 1 aromatic carbocycles. The van der Waals surface area contributed by atoms with Crippen LogP contribution in [0.5, 0.6) is 0 Å². The third kappa shape index (κ3) is 1.13. The van der Waals surface area contributed by atoms with E-state index in [-0.39, 0.29) is 0 Å². The van der Waals surface area contributed by atoms with Crippen LogP contribution in [-0.2, 0) is 0 Å². The van der Waals surface area contributed by atoms with Crippen molar-refractivity contribution < 1.29 is 0 Å². The highest BCUT2D eigenvalue weighted by Gasteiger charge is 2.05. The molecule has 2 rings (SSSR count). The molecule has 0 saturated heterocycles. The van der Waals surface area contributed by atoms with Gasteiger partial charge in [-0.2, -0.15) is 5.10 Å². The number of nitrogens with one attached hydrogen (secondary N) is 1. The van der Waals surface area contributed by atoms with Crippen LogP contribution in [0.4, 0.5) is 0 Å². The molecule has 0 aliphatic rings. The van der Waals surface area contributed by atoms with E-state index in [2.05, 4.69) is 26.1 Å². The van der Waals surface area contributed by atoms with Gasteiger partial charge in [-0.05, 0) is 40.5 Å². The van der Waals surface area contributed by atoms with Crippen LogP contribution in [0.25, 0.3) is 10.9 Å². The largest absolute Gasteiger partial charge is 0.270 e. The van der Waals surface area contributed by atoms with Gasteiger partial charge in [0.15, 0.2) is 0 Å². The topological polar surface area (TPSA) is 28.7 Å². The van der Waals surface area contributed by atoms with Crippen LogP contribution in [0.15, 0.2) is 16.7 Å². The van der Waals surface area contributed by atoms with Crippen LogP contribution >= 0.6 is 27.5 Å². The molecule has 0 spiro atoms. The Labute approximate surface area is 83.0 Å². The van der Waals surface area contributed by atoms with Gasteiger partial charge in [-0.3, -0.25) is 5.10 Å². The van der Waals surface area contributed by atoms with Crippen molar-refractivity contribution in [3.8, 4) is 0 Å². The predicted octanol–water partition coefficient (Wildman–Crippen LogP) is 3.29. The first-order chi connectivity index (χ1) is 5.68. The van der Waals surface area contributed by atoms with Gasteiger partial charge in [-0.25, -0.2) is 0 Å². The standard InChI is InChI=1S/C8H6BrClN2/c1-4-2-5(10)3-6-7(4)8(9)12-11-6/h2-3H,1H3,(H,11,12). The number of fused-ring (bicyclic) bond motifs is 1. The quantitative estimate of drug-likeness (QED) is 0.758. The van der Waals surface area contributed by atoms with Gasteiger partial charge in [-0.1, -0.05) is 11.6 Å². The average molecular weight is 246 g/mol. The van der Waals surface area contributed by atoms with E-state index in [1.54, 1.807) is 0 Å². The Morgan fingerprint density at radius 1 is 1.50 bits per heavy atom. The summed E-state index contributed by atoms with van der Waals surface area (Å²) in [7, 11) is 0. The summed E-state index contributed by atoms with van der Waals surface area (Å²) in [6.07, 6.45) is 0. The molecule has 1 N–H and O–H groups in total. The molecule has 1 aromatic heterocycles. The molecule has 0 saturated carbocycles. The molecule has 0 bridgehead atoms. The summed E-state index contributed by atoms with van der Waals surface area (Å²) in [6, 6.07) is 3.76. The van der Waals surface area contributed by atoms with E-state index in [9.17, 15) is 0 Å². The van der Waals surface area contributed by atoms with Crippen molar-refractivity contribution in [2.24, 2.45) is 0 Å². The Hall–Kier alpha value is -0.540. The van der Waals surface area contributed by atoms with Crippen molar-refractivity contribution in [1.29, 1.82) is 0 Å². The zero-order valence-corrected chi connectivity index (χ0v) is 8.70. The van der Waals surface area contributed by atoms with Gasteiger partial charge in [0.1, 0.15) is 4.60 Å². The third-order valence-corrected chi connectivity index (χ3v) is 2.57. The summed E-state index contributed by atoms with van der Waals surface area (Å²) in [4.78, 5) is 0. The lowest BCUT2D eigenvalue weighted by molar-refractivity contribution is 1.10. The number of benzene rings is 1. The minimum atomic E-state index is 0.721. The molecule has 0 aliphatic carbocycles. The number of H-pyrrole nitrogens is 1. The molecule has 2 nitrogen and oxygen atoms in total. The molecule has 4 heteroatoms. The van der Waals surface area contributed by atoms with Crippen molar-refractivity contribution in [3.05, 3.63) is 27.3 Å². The zero-order chi connectivity index (χ0) is 8.72. The lowest BCUT2D eigenvalue weighted by Gasteiger charge is -1.95. The lowest BCUT2D eigenvalue weighted by atomic mass is 10.1. The summed E-state index contributed by atoms with van der Waals surface area (Å²) >= 11 is 9.25. The molecule has 0 amide bonds. The van der Waals surface area contributed by atoms with Gasteiger partial charge in [-0.15, -0.1) is 0 Å². The molecule has 0 unspecified atom stereocenters. The molecule has 0 aliphatic heterocycles. The van der Waals surface area contributed by atoms with Crippen LogP contribution in [0, 0.1) is 6.92 Å². The second-order valence-corrected chi connectivity index (χ2v) is 3.88. The fourth-order valence-electron chi connectivity index (χ4n) is 1.26. The molecule has 62 valence electrons. The van der Waals surface area contributed by atoms with Gasteiger partial charge in [0.2, 0.25) is 0 Å². The highest BCUT2D eigenvalue weighted by Crippen LogP contribution is 2.27. The van der Waals surface area contributed by atoms with Crippen LogP contribution < -0.4 is 0 Å². The normalized spacial score (nSPS) is 10.9. The Morgan fingerprint density at radius 3 is 3.00 bits per heavy atom. The number of rotatable bonds is 0. The monoisotopic (exact) mass is 244 g/mol. The smallest absolute Gasteiger partial charge is 0.109 e. The molecule has 1 heterocycles. The number of halogens is 2. The molecular weight excluding hydrogens is 239 g/mol. The van der Waals surface area contributed by atoms with Gasteiger partial charge >= 0.3 is 0 Å². The zero-order valence-electron chi connectivity index (χ0n) is 6.36. The SMILES string of the molecule is Cc1cc(Cl)cc2n[nH]c(Br)c12. The number of hydrogen-bond donors (Lipinski definition) is 1. The summed E-state index contributed by atoms with van der Waals surface area (Å²) in [5.74, 6) is 0. The minimum Gasteiger partial charge on any atom is -0.270 e. The fraction of sp³-hybridized carbons (Fsp3) is 0.125. The maximum absolute atomic E-state index is 5.86. The Balaban J connectivity index is 2.93. The second-order valence-electron chi connectivity index (χ2n) is 2.65. The Bertz CT molecular complexity index is 436. The fourth-order valence-corrected chi connectivity index (χ4v) is 2.14. The van der Waals surface area contributed by atoms with Crippen LogP contribution in [0.3, 0.4) is 0 Å². The highest BCUT2D eigenvalue weighted by molar-refractivity contribution is 9.10. The molecule has 2 aromatic rings. The number of aromatic amines is 1. The summed E-state index contributed by atoms with van der Waals surface area (Å²) in [6.45, 7) is 2.01. The van der Waals surface area contributed by atoms with Crippen LogP contribution in [0.2, 0.25) is 5.02 Å². The van der Waals surface area contributed by atoms with E-state index in [0.717, 1.165) is 26.1 Å². The minimum absolute atomic E-state index is 0.721. The number of hydrogen-bond acceptors (Lipinski definition) is 1. The van der Waals surface area contributed by atoms with E-state index >= 15 is 0 Å². The molecule has 12 heavy (non-hydrogen) atoms. The third-order valence-electron chi connectivity index (χ3n) is 1.77. The molecule has 0 radical (unpaired) electrons. The summed E-state index contributed by atoms with van der Waals surface area (Å²) in [5.41, 5.74) is 2.02. The predicted molar refractivity (Wildman–Crippen MR) is 53.5 cm³/mol. The average Bonchev–Trinajstić information content (AvgIpc) is 2.31. The second kappa shape index (κ2) is 2.75. The number of aryl methyl sites for hydroxylation is 1. The molecular formula is C8H6BrClN2. The molecule has 0 fully saturated rings. The van der Waals surface area contributed by atoms with E-state index in [0.29, 0.717) is 0 Å². The first-order valence-electron chi connectivity index (χ1n) is 3.48. The maximum Gasteiger partial charge on any atom is 0.109 e. The number of nitrogens with zero attached hydrogens (tertiary/aromatic N) is 1.